The summed E-state index contributed by atoms with van der Waals surface area (Å²) in [6, 6.07) is 57.0. The Labute approximate surface area is 327 Å². The van der Waals surface area contributed by atoms with E-state index in [-0.39, 0.29) is 11.2 Å². The minimum Gasteiger partial charge on any atom is -0.507 e. The molecule has 3 heterocycles. The van der Waals surface area contributed by atoms with Gasteiger partial charge in [0.05, 0.1) is 22.3 Å². The monoisotopic (exact) mass is 724 g/mol. The summed E-state index contributed by atoms with van der Waals surface area (Å²) in [5.41, 5.74) is 14.4. The van der Waals surface area contributed by atoms with Crippen molar-refractivity contribution < 1.29 is 5.11 Å². The second-order valence-electron chi connectivity index (χ2n) is 15.2. The van der Waals surface area contributed by atoms with Gasteiger partial charge < -0.3 is 5.11 Å². The van der Waals surface area contributed by atoms with E-state index in [2.05, 4.69) is 164 Å². The highest BCUT2D eigenvalue weighted by atomic mass is 16.3. The Bertz CT molecular complexity index is 2820. The van der Waals surface area contributed by atoms with E-state index >= 15 is 0 Å². The predicted octanol–water partition coefficient (Wildman–Crippen LogP) is 12.8. The van der Waals surface area contributed by atoms with Crippen molar-refractivity contribution in [2.75, 3.05) is 0 Å². The van der Waals surface area contributed by atoms with Crippen molar-refractivity contribution in [1.29, 1.82) is 0 Å². The van der Waals surface area contributed by atoms with Crippen LogP contribution in [0.4, 0.5) is 0 Å². The molecular weight excluding hydrogens is 685 g/mol. The number of para-hydroxylation sites is 2. The molecule has 5 heteroatoms. The lowest BCUT2D eigenvalue weighted by Gasteiger charge is -2.21. The number of benzene rings is 6. The first-order chi connectivity index (χ1) is 27.3. The highest BCUT2D eigenvalue weighted by Crippen LogP contribution is 2.42. The van der Waals surface area contributed by atoms with E-state index in [9.17, 15) is 5.11 Å². The molecule has 3 aromatic heterocycles. The van der Waals surface area contributed by atoms with E-state index in [4.69, 9.17) is 9.97 Å². The quantitative estimate of drug-likeness (QED) is 0.178. The van der Waals surface area contributed by atoms with Crippen LogP contribution < -0.4 is 0 Å². The molecule has 0 aliphatic heterocycles. The van der Waals surface area contributed by atoms with Crippen LogP contribution in [-0.2, 0) is 5.41 Å². The molecule has 0 fully saturated rings. The van der Waals surface area contributed by atoms with Crippen LogP contribution in [0.3, 0.4) is 0 Å². The maximum atomic E-state index is 11.8. The fraction of sp³-hybridized carbons (Fsp3) is 0.0784. The Morgan fingerprint density at radius 2 is 1.09 bits per heavy atom. The first-order valence-electron chi connectivity index (χ1n) is 18.9. The summed E-state index contributed by atoms with van der Waals surface area (Å²) < 4.78 is 2.12. The fourth-order valence-electron chi connectivity index (χ4n) is 7.50. The van der Waals surface area contributed by atoms with Crippen molar-refractivity contribution in [2.45, 2.75) is 26.2 Å². The highest BCUT2D eigenvalue weighted by molar-refractivity contribution is 5.97. The van der Waals surface area contributed by atoms with Gasteiger partial charge in [-0.3, -0.25) is 14.5 Å². The Hall–Kier alpha value is -7.11. The number of aromatic hydroxyl groups is 1. The second kappa shape index (κ2) is 14.3. The Morgan fingerprint density at radius 1 is 0.500 bits per heavy atom. The molecule has 56 heavy (non-hydrogen) atoms. The topological polar surface area (TPSA) is 63.8 Å². The SMILES string of the molecule is CC(C)(C)c1cncc(-c2nc3c(-c4cc(-c5ccccc5)cc(-c5cc(-c6ccc(-c7ccccc7)cc6)ccn5)c4)cccc3n2-c2ccccc2)c1O. The summed E-state index contributed by atoms with van der Waals surface area (Å²) in [6.07, 6.45) is 5.36. The molecule has 9 aromatic rings. The third kappa shape index (κ3) is 6.54. The second-order valence-corrected chi connectivity index (χ2v) is 15.2. The molecule has 5 nitrogen and oxygen atoms in total. The molecule has 0 aliphatic rings. The highest BCUT2D eigenvalue weighted by Gasteiger charge is 2.25. The van der Waals surface area contributed by atoms with Crippen LogP contribution in [0, 0.1) is 0 Å². The van der Waals surface area contributed by atoms with Gasteiger partial charge in [-0.1, -0.05) is 136 Å². The van der Waals surface area contributed by atoms with Crippen molar-refractivity contribution >= 4 is 11.0 Å². The first kappa shape index (κ1) is 34.6. The van der Waals surface area contributed by atoms with Gasteiger partial charge in [0, 0.05) is 41.0 Å². The molecule has 0 amide bonds. The lowest BCUT2D eigenvalue weighted by molar-refractivity contribution is 0.446. The minimum atomic E-state index is -0.312. The molecule has 0 unspecified atom stereocenters. The van der Waals surface area contributed by atoms with Crippen LogP contribution in [0.15, 0.2) is 182 Å². The molecule has 0 radical (unpaired) electrons. The number of rotatable bonds is 7. The van der Waals surface area contributed by atoms with Gasteiger partial charge in [-0.05, 0) is 92.9 Å². The summed E-state index contributed by atoms with van der Waals surface area (Å²) in [4.78, 5) is 14.9. The van der Waals surface area contributed by atoms with Crippen molar-refractivity contribution in [3.8, 4) is 78.6 Å². The zero-order valence-electron chi connectivity index (χ0n) is 31.6. The van der Waals surface area contributed by atoms with E-state index in [1.165, 1.54) is 11.1 Å². The van der Waals surface area contributed by atoms with Gasteiger partial charge >= 0.3 is 0 Å². The predicted molar refractivity (Wildman–Crippen MR) is 230 cm³/mol. The number of imidazole rings is 1. The molecule has 1 N–H and O–H groups in total. The number of nitrogens with zero attached hydrogens (tertiary/aromatic N) is 4. The molecule has 0 saturated carbocycles. The Morgan fingerprint density at radius 3 is 1.77 bits per heavy atom. The van der Waals surface area contributed by atoms with Crippen LogP contribution in [0.2, 0.25) is 0 Å². The molecule has 0 saturated heterocycles. The van der Waals surface area contributed by atoms with Crippen molar-refractivity contribution in [3.63, 3.8) is 0 Å². The number of pyridine rings is 2. The molecule has 270 valence electrons. The van der Waals surface area contributed by atoms with Crippen LogP contribution in [0.5, 0.6) is 5.75 Å². The van der Waals surface area contributed by atoms with E-state index in [1.54, 1.807) is 12.4 Å². The average Bonchev–Trinajstić information content (AvgIpc) is 3.64. The maximum absolute atomic E-state index is 11.8. The fourth-order valence-corrected chi connectivity index (χ4v) is 7.50. The van der Waals surface area contributed by atoms with E-state index in [0.717, 1.165) is 66.9 Å². The summed E-state index contributed by atoms with van der Waals surface area (Å²) in [5.74, 6) is 0.817. The summed E-state index contributed by atoms with van der Waals surface area (Å²) in [5, 5.41) is 11.8. The first-order valence-corrected chi connectivity index (χ1v) is 18.9. The van der Waals surface area contributed by atoms with E-state index in [0.29, 0.717) is 11.4 Å². The van der Waals surface area contributed by atoms with Gasteiger partial charge in [0.2, 0.25) is 0 Å². The number of aromatic nitrogens is 4. The van der Waals surface area contributed by atoms with E-state index < -0.39 is 0 Å². The third-order valence-corrected chi connectivity index (χ3v) is 10.4. The van der Waals surface area contributed by atoms with Crippen LogP contribution in [0.25, 0.3) is 83.9 Å². The summed E-state index contributed by atoms with van der Waals surface area (Å²) in [6.45, 7) is 6.24. The van der Waals surface area contributed by atoms with E-state index in [1.807, 2.05) is 36.5 Å². The molecule has 0 spiro atoms. The Kier molecular flexibility index (Phi) is 8.83. The largest absolute Gasteiger partial charge is 0.507 e. The normalized spacial score (nSPS) is 11.6. The molecule has 9 rings (SSSR count). The van der Waals surface area contributed by atoms with Gasteiger partial charge in [-0.15, -0.1) is 0 Å². The van der Waals surface area contributed by atoms with Gasteiger partial charge in [-0.2, -0.15) is 0 Å². The van der Waals surface area contributed by atoms with Crippen molar-refractivity contribution in [2.24, 2.45) is 0 Å². The van der Waals surface area contributed by atoms with Crippen molar-refractivity contribution in [3.05, 3.63) is 188 Å². The lowest BCUT2D eigenvalue weighted by Crippen LogP contribution is -2.12. The number of hydrogen-bond acceptors (Lipinski definition) is 4. The maximum Gasteiger partial charge on any atom is 0.151 e. The third-order valence-electron chi connectivity index (χ3n) is 10.4. The van der Waals surface area contributed by atoms with Gasteiger partial charge in [0.25, 0.3) is 0 Å². The van der Waals surface area contributed by atoms with Crippen LogP contribution in [0.1, 0.15) is 26.3 Å². The molecule has 0 atom stereocenters. The lowest BCUT2D eigenvalue weighted by atomic mass is 9.86. The van der Waals surface area contributed by atoms with Crippen molar-refractivity contribution in [1.82, 2.24) is 19.5 Å². The summed E-state index contributed by atoms with van der Waals surface area (Å²) >= 11 is 0. The van der Waals surface area contributed by atoms with Gasteiger partial charge in [0.1, 0.15) is 5.75 Å². The molecular formula is C51H40N4O. The number of hydrogen-bond donors (Lipinski definition) is 1. The molecule has 0 bridgehead atoms. The Balaban J connectivity index is 1.22. The summed E-state index contributed by atoms with van der Waals surface area (Å²) in [7, 11) is 0. The number of fused-ring (bicyclic) bond motifs is 1. The smallest absolute Gasteiger partial charge is 0.151 e. The minimum absolute atomic E-state index is 0.190. The zero-order chi connectivity index (χ0) is 38.2. The molecule has 0 aliphatic carbocycles. The molecule has 6 aromatic carbocycles. The van der Waals surface area contributed by atoms with Crippen LogP contribution in [-0.4, -0.2) is 24.6 Å². The van der Waals surface area contributed by atoms with Crippen LogP contribution >= 0.6 is 0 Å². The zero-order valence-corrected chi connectivity index (χ0v) is 31.6. The standard InChI is InChI=1S/C51H40N4O/c1-51(2,3)45-33-52-32-44(49(45)56)50-54-48-43(20-13-21-47(48)55(50)42-18-11-6-12-19-42)40-28-39(35-16-9-5-10-17-35)29-41(30-40)46-31-38(26-27-53-46)37-24-22-36(23-25-37)34-14-7-4-8-15-34/h4-33H,1-3H3,(H,52,56). The average molecular weight is 725 g/mol. The van der Waals surface area contributed by atoms with Gasteiger partial charge in [0.15, 0.2) is 5.82 Å². The van der Waals surface area contributed by atoms with Gasteiger partial charge in [-0.25, -0.2) is 4.98 Å².